The molecule has 2 heterocycles. The number of rotatable bonds is 4. The van der Waals surface area contributed by atoms with Gasteiger partial charge in [0.05, 0.1) is 16.1 Å². The molecular weight excluding hydrogens is 389 g/mol. The summed E-state index contributed by atoms with van der Waals surface area (Å²) in [6.45, 7) is 2.86. The number of hydrogen-bond donors (Lipinski definition) is 0. The molecule has 0 amide bonds. The Morgan fingerprint density at radius 2 is 1.67 bits per heavy atom. The van der Waals surface area contributed by atoms with Crippen LogP contribution >= 0.6 is 11.6 Å². The zero-order chi connectivity index (χ0) is 19.6. The van der Waals surface area contributed by atoms with Crippen LogP contribution in [0.25, 0.3) is 0 Å². The van der Waals surface area contributed by atoms with Crippen LogP contribution in [0.2, 0.25) is 5.02 Å². The molecule has 0 saturated carbocycles. The molecule has 1 aromatic heterocycles. The number of anilines is 1. The minimum absolute atomic E-state index is 0.0284. The average molecular weight is 406 g/mol. The van der Waals surface area contributed by atoms with E-state index in [0.29, 0.717) is 32.4 Å². The van der Waals surface area contributed by atoms with Gasteiger partial charge in [0.1, 0.15) is 5.82 Å². The molecule has 0 spiro atoms. The van der Waals surface area contributed by atoms with E-state index in [0.717, 1.165) is 12.1 Å². The summed E-state index contributed by atoms with van der Waals surface area (Å²) in [5.74, 6) is -0.0284. The van der Waals surface area contributed by atoms with Crippen molar-refractivity contribution in [1.82, 2.24) is 9.88 Å². The van der Waals surface area contributed by atoms with Gasteiger partial charge in [0.2, 0.25) is 0 Å². The Morgan fingerprint density at radius 3 is 2.22 bits per heavy atom. The van der Waals surface area contributed by atoms with Crippen molar-refractivity contribution in [3.63, 3.8) is 0 Å². The van der Waals surface area contributed by atoms with Gasteiger partial charge in [-0.3, -0.25) is 4.90 Å². The molecule has 2 aromatic rings. The fourth-order valence-corrected chi connectivity index (χ4v) is 3.46. The molecule has 0 radical (unpaired) electrons. The molecule has 1 saturated heterocycles. The Morgan fingerprint density at radius 1 is 1.04 bits per heavy atom. The molecule has 1 fully saturated rings. The predicted molar refractivity (Wildman–Crippen MR) is 93.1 cm³/mol. The first-order valence-corrected chi connectivity index (χ1v) is 8.70. The number of halogens is 6. The number of alkyl halides is 5. The van der Waals surface area contributed by atoms with E-state index >= 15 is 0 Å². The summed E-state index contributed by atoms with van der Waals surface area (Å²) in [7, 11) is 0. The highest BCUT2D eigenvalue weighted by Crippen LogP contribution is 2.42. The standard InChI is InChI=1S/C18H17ClF5N3/c19-15-14(16(20)21)13(18(22,23)24)10-25-17(15)27-8-6-26(7-9-27)11-12-4-2-1-3-5-12/h1-5,10,16H,6-9,11H2. The van der Waals surface area contributed by atoms with E-state index in [9.17, 15) is 22.0 Å². The molecule has 0 atom stereocenters. The first-order chi connectivity index (χ1) is 12.8. The van der Waals surface area contributed by atoms with Crippen LogP contribution < -0.4 is 4.90 Å². The molecule has 3 nitrogen and oxygen atoms in total. The van der Waals surface area contributed by atoms with Gasteiger partial charge in [0.15, 0.2) is 0 Å². The van der Waals surface area contributed by atoms with Crippen LogP contribution in [0.4, 0.5) is 27.8 Å². The molecule has 3 rings (SSSR count). The summed E-state index contributed by atoms with van der Waals surface area (Å²) in [4.78, 5) is 7.57. The van der Waals surface area contributed by atoms with Crippen molar-refractivity contribution in [1.29, 1.82) is 0 Å². The highest BCUT2D eigenvalue weighted by Gasteiger charge is 2.39. The van der Waals surface area contributed by atoms with Gasteiger partial charge in [-0.25, -0.2) is 13.8 Å². The fourth-order valence-electron chi connectivity index (χ4n) is 3.11. The molecule has 1 aliphatic heterocycles. The third-order valence-electron chi connectivity index (χ3n) is 4.48. The van der Waals surface area contributed by atoms with Gasteiger partial charge < -0.3 is 4.90 Å². The maximum absolute atomic E-state index is 13.2. The summed E-state index contributed by atoms with van der Waals surface area (Å²) < 4.78 is 65.4. The lowest BCUT2D eigenvalue weighted by Crippen LogP contribution is -2.46. The number of pyridine rings is 1. The van der Waals surface area contributed by atoms with Crippen molar-refractivity contribution >= 4 is 17.4 Å². The second kappa shape index (κ2) is 7.98. The summed E-state index contributed by atoms with van der Waals surface area (Å²) in [5, 5.41) is -0.628. The molecule has 27 heavy (non-hydrogen) atoms. The number of aromatic nitrogens is 1. The lowest BCUT2D eigenvalue weighted by molar-refractivity contribution is -0.139. The highest BCUT2D eigenvalue weighted by atomic mass is 35.5. The van der Waals surface area contributed by atoms with E-state index in [1.165, 1.54) is 0 Å². The molecule has 1 aliphatic rings. The smallest absolute Gasteiger partial charge is 0.353 e. The van der Waals surface area contributed by atoms with Gasteiger partial charge in [-0.1, -0.05) is 41.9 Å². The van der Waals surface area contributed by atoms with Gasteiger partial charge in [-0.15, -0.1) is 0 Å². The summed E-state index contributed by atoms with van der Waals surface area (Å²) in [6.07, 6.45) is -7.83. The molecular formula is C18H17ClF5N3. The summed E-state index contributed by atoms with van der Waals surface area (Å²) in [6, 6.07) is 9.85. The predicted octanol–water partition coefficient (Wildman–Crippen LogP) is 5.01. The third kappa shape index (κ3) is 4.50. The maximum Gasteiger partial charge on any atom is 0.418 e. The van der Waals surface area contributed by atoms with E-state index in [1.807, 2.05) is 30.3 Å². The van der Waals surface area contributed by atoms with Crippen molar-refractivity contribution in [2.45, 2.75) is 19.1 Å². The maximum atomic E-state index is 13.2. The molecule has 0 unspecified atom stereocenters. The zero-order valence-electron chi connectivity index (χ0n) is 14.2. The van der Waals surface area contributed by atoms with Crippen LogP contribution in [0.1, 0.15) is 23.1 Å². The number of hydrogen-bond acceptors (Lipinski definition) is 3. The Labute approximate surface area is 158 Å². The van der Waals surface area contributed by atoms with Crippen LogP contribution in [0.15, 0.2) is 36.5 Å². The van der Waals surface area contributed by atoms with E-state index in [-0.39, 0.29) is 5.82 Å². The van der Waals surface area contributed by atoms with Gasteiger partial charge in [-0.2, -0.15) is 13.2 Å². The van der Waals surface area contributed by atoms with Crippen LogP contribution in [0.3, 0.4) is 0 Å². The first-order valence-electron chi connectivity index (χ1n) is 8.32. The topological polar surface area (TPSA) is 19.4 Å². The quantitative estimate of drug-likeness (QED) is 0.666. The number of nitrogens with zero attached hydrogens (tertiary/aromatic N) is 3. The number of piperazine rings is 1. The minimum atomic E-state index is -4.94. The van der Waals surface area contributed by atoms with Gasteiger partial charge in [-0.05, 0) is 5.56 Å². The Hall–Kier alpha value is -1.93. The fraction of sp³-hybridized carbons (Fsp3) is 0.389. The van der Waals surface area contributed by atoms with Crippen molar-refractivity contribution < 1.29 is 22.0 Å². The van der Waals surface area contributed by atoms with Crippen LogP contribution in [0, 0.1) is 0 Å². The normalized spacial score (nSPS) is 16.2. The van der Waals surface area contributed by atoms with E-state index in [2.05, 4.69) is 9.88 Å². The van der Waals surface area contributed by atoms with Crippen molar-refractivity contribution in [2.24, 2.45) is 0 Å². The van der Waals surface area contributed by atoms with Gasteiger partial charge in [0, 0.05) is 38.9 Å². The zero-order valence-corrected chi connectivity index (χ0v) is 14.9. The van der Waals surface area contributed by atoms with E-state index in [4.69, 9.17) is 11.6 Å². The van der Waals surface area contributed by atoms with Crippen LogP contribution in [-0.4, -0.2) is 36.1 Å². The lowest BCUT2D eigenvalue weighted by atomic mass is 10.1. The highest BCUT2D eigenvalue weighted by molar-refractivity contribution is 6.33. The SMILES string of the molecule is FC(F)c1c(C(F)(F)F)cnc(N2CCN(Cc3ccccc3)CC2)c1Cl. The third-order valence-corrected chi connectivity index (χ3v) is 4.86. The summed E-state index contributed by atoms with van der Waals surface area (Å²) in [5.41, 5.74) is -1.55. The Bertz CT molecular complexity index is 775. The molecule has 0 bridgehead atoms. The van der Waals surface area contributed by atoms with Gasteiger partial charge >= 0.3 is 6.18 Å². The minimum Gasteiger partial charge on any atom is -0.353 e. The molecule has 1 aromatic carbocycles. The second-order valence-electron chi connectivity index (χ2n) is 6.27. The molecule has 0 aliphatic carbocycles. The Kier molecular flexibility index (Phi) is 5.86. The van der Waals surface area contributed by atoms with Crippen molar-refractivity contribution in [2.75, 3.05) is 31.1 Å². The first kappa shape index (κ1) is 19.8. The summed E-state index contributed by atoms with van der Waals surface area (Å²) >= 11 is 5.92. The van der Waals surface area contributed by atoms with Crippen molar-refractivity contribution in [3.05, 3.63) is 58.2 Å². The molecule has 0 N–H and O–H groups in total. The van der Waals surface area contributed by atoms with Crippen LogP contribution in [-0.2, 0) is 12.7 Å². The number of benzene rings is 1. The lowest BCUT2D eigenvalue weighted by Gasteiger charge is -2.36. The Balaban J connectivity index is 1.75. The average Bonchev–Trinajstić information content (AvgIpc) is 2.62. The van der Waals surface area contributed by atoms with E-state index in [1.54, 1.807) is 4.90 Å². The molecule has 9 heteroatoms. The molecule has 146 valence electrons. The largest absolute Gasteiger partial charge is 0.418 e. The monoisotopic (exact) mass is 405 g/mol. The van der Waals surface area contributed by atoms with E-state index < -0.39 is 28.8 Å². The second-order valence-corrected chi connectivity index (χ2v) is 6.65. The van der Waals surface area contributed by atoms with Crippen molar-refractivity contribution in [3.8, 4) is 0 Å². The van der Waals surface area contributed by atoms with Crippen LogP contribution in [0.5, 0.6) is 0 Å². The van der Waals surface area contributed by atoms with Gasteiger partial charge in [0.25, 0.3) is 6.43 Å².